The van der Waals surface area contributed by atoms with Crippen LogP contribution in [0.3, 0.4) is 0 Å². The van der Waals surface area contributed by atoms with E-state index < -0.39 is 0 Å². The second-order valence-electron chi connectivity index (χ2n) is 2.61. The molecule has 0 bridgehead atoms. The van der Waals surface area contributed by atoms with Crippen LogP contribution in [0, 0.1) is 0 Å². The van der Waals surface area contributed by atoms with Crippen LogP contribution in [0.4, 0.5) is 0 Å². The summed E-state index contributed by atoms with van der Waals surface area (Å²) in [5.74, 6) is 0. The molecule has 1 atom stereocenters. The fraction of sp³-hybridized carbons (Fsp3) is 0.667. The molecule has 0 aromatic carbocycles. The molecular weight excluding hydrogens is 142 g/mol. The van der Waals surface area contributed by atoms with Gasteiger partial charge in [-0.15, -0.1) is 5.10 Å². The molecule has 0 radical (unpaired) electrons. The van der Waals surface area contributed by atoms with Crippen LogP contribution in [-0.4, -0.2) is 21.0 Å². The molecule has 11 heavy (non-hydrogen) atoms. The second kappa shape index (κ2) is 3.45. The Morgan fingerprint density at radius 1 is 1.73 bits per heavy atom. The van der Waals surface area contributed by atoms with Gasteiger partial charge in [0.2, 0.25) is 0 Å². The lowest BCUT2D eigenvalue weighted by molar-refractivity contribution is 0.523. The highest BCUT2D eigenvalue weighted by atomic mass is 15.4. The van der Waals surface area contributed by atoms with Crippen molar-refractivity contribution in [3.05, 3.63) is 11.9 Å². The highest BCUT2D eigenvalue weighted by molar-refractivity contribution is 4.90. The van der Waals surface area contributed by atoms with Gasteiger partial charge in [-0.2, -0.15) is 0 Å². The summed E-state index contributed by atoms with van der Waals surface area (Å²) in [7, 11) is 0. The minimum atomic E-state index is 0.0994. The summed E-state index contributed by atoms with van der Waals surface area (Å²) in [6.45, 7) is 3.04. The van der Waals surface area contributed by atoms with Crippen molar-refractivity contribution in [3.63, 3.8) is 0 Å². The van der Waals surface area contributed by atoms with Crippen molar-refractivity contribution in [1.29, 1.82) is 0 Å². The molecule has 0 aliphatic heterocycles. The SMILES string of the molecule is CC(N)Cn1cc(CN)nn1. The van der Waals surface area contributed by atoms with Gasteiger partial charge in [0, 0.05) is 18.8 Å². The minimum Gasteiger partial charge on any atom is -0.326 e. The van der Waals surface area contributed by atoms with E-state index in [1.165, 1.54) is 0 Å². The largest absolute Gasteiger partial charge is 0.326 e. The van der Waals surface area contributed by atoms with Gasteiger partial charge in [-0.1, -0.05) is 5.21 Å². The average Bonchev–Trinajstić information content (AvgIpc) is 2.34. The van der Waals surface area contributed by atoms with Crippen LogP contribution in [-0.2, 0) is 13.1 Å². The fourth-order valence-electron chi connectivity index (χ4n) is 0.816. The summed E-state index contributed by atoms with van der Waals surface area (Å²) in [5.41, 5.74) is 11.7. The average molecular weight is 155 g/mol. The molecule has 0 aliphatic carbocycles. The lowest BCUT2D eigenvalue weighted by Crippen LogP contribution is -2.22. The quantitative estimate of drug-likeness (QED) is 0.591. The Morgan fingerprint density at radius 2 is 2.45 bits per heavy atom. The Balaban J connectivity index is 2.58. The summed E-state index contributed by atoms with van der Waals surface area (Å²) < 4.78 is 1.70. The molecule has 4 N–H and O–H groups in total. The third-order valence-electron chi connectivity index (χ3n) is 1.27. The molecule has 0 aliphatic rings. The monoisotopic (exact) mass is 155 g/mol. The number of hydrogen-bond donors (Lipinski definition) is 2. The summed E-state index contributed by atoms with van der Waals surface area (Å²) in [6, 6.07) is 0.0994. The number of nitrogens with zero attached hydrogens (tertiary/aromatic N) is 3. The number of nitrogens with two attached hydrogens (primary N) is 2. The van der Waals surface area contributed by atoms with Crippen LogP contribution >= 0.6 is 0 Å². The van der Waals surface area contributed by atoms with Crippen molar-refractivity contribution in [1.82, 2.24) is 15.0 Å². The number of hydrogen-bond acceptors (Lipinski definition) is 4. The van der Waals surface area contributed by atoms with Gasteiger partial charge in [-0.3, -0.25) is 4.68 Å². The van der Waals surface area contributed by atoms with E-state index in [0.29, 0.717) is 13.1 Å². The molecule has 0 amide bonds. The number of aromatic nitrogens is 3. The van der Waals surface area contributed by atoms with Crippen molar-refractivity contribution in [2.75, 3.05) is 0 Å². The molecule has 0 saturated heterocycles. The summed E-state index contributed by atoms with van der Waals surface area (Å²) in [6.07, 6.45) is 1.81. The minimum absolute atomic E-state index is 0.0994. The van der Waals surface area contributed by atoms with Gasteiger partial charge in [0.1, 0.15) is 0 Å². The molecule has 62 valence electrons. The van der Waals surface area contributed by atoms with Gasteiger partial charge in [-0.25, -0.2) is 0 Å². The molecular formula is C6H13N5. The standard InChI is InChI=1S/C6H13N5/c1-5(8)3-11-4-6(2-7)9-10-11/h4-5H,2-3,7-8H2,1H3. The first-order valence-electron chi connectivity index (χ1n) is 3.57. The highest BCUT2D eigenvalue weighted by Gasteiger charge is 1.99. The Bertz CT molecular complexity index is 217. The summed E-state index contributed by atoms with van der Waals surface area (Å²) in [4.78, 5) is 0. The van der Waals surface area contributed by atoms with Crippen molar-refractivity contribution in [3.8, 4) is 0 Å². The van der Waals surface area contributed by atoms with Gasteiger partial charge in [0.15, 0.2) is 0 Å². The maximum absolute atomic E-state index is 5.56. The Labute approximate surface area is 65.4 Å². The van der Waals surface area contributed by atoms with Gasteiger partial charge in [-0.05, 0) is 6.92 Å². The fourth-order valence-corrected chi connectivity index (χ4v) is 0.816. The van der Waals surface area contributed by atoms with Crippen LogP contribution in [0.15, 0.2) is 6.20 Å². The van der Waals surface area contributed by atoms with Crippen LogP contribution in [0.5, 0.6) is 0 Å². The van der Waals surface area contributed by atoms with Crippen molar-refractivity contribution in [2.24, 2.45) is 11.5 Å². The molecule has 1 aromatic rings. The first kappa shape index (κ1) is 8.16. The highest BCUT2D eigenvalue weighted by Crippen LogP contribution is 1.91. The number of rotatable bonds is 3. The lowest BCUT2D eigenvalue weighted by Gasteiger charge is -2.01. The van der Waals surface area contributed by atoms with Gasteiger partial charge < -0.3 is 11.5 Å². The van der Waals surface area contributed by atoms with Gasteiger partial charge in [0.25, 0.3) is 0 Å². The third kappa shape index (κ3) is 2.28. The van der Waals surface area contributed by atoms with Crippen LogP contribution in [0.25, 0.3) is 0 Å². The molecule has 1 aromatic heterocycles. The van der Waals surface area contributed by atoms with E-state index in [9.17, 15) is 0 Å². The first-order chi connectivity index (χ1) is 5.22. The van der Waals surface area contributed by atoms with Crippen molar-refractivity contribution < 1.29 is 0 Å². The Hall–Kier alpha value is -0.940. The molecule has 0 spiro atoms. The summed E-state index contributed by atoms with van der Waals surface area (Å²) >= 11 is 0. The van der Waals surface area contributed by atoms with Crippen molar-refractivity contribution >= 4 is 0 Å². The first-order valence-corrected chi connectivity index (χ1v) is 3.57. The molecule has 1 rings (SSSR count). The normalized spacial score (nSPS) is 13.4. The molecule has 1 unspecified atom stereocenters. The molecule has 1 heterocycles. The zero-order chi connectivity index (χ0) is 8.27. The smallest absolute Gasteiger partial charge is 0.0962 e. The molecule has 5 heteroatoms. The van der Waals surface area contributed by atoms with E-state index in [0.717, 1.165) is 5.69 Å². The van der Waals surface area contributed by atoms with E-state index in [1.807, 2.05) is 13.1 Å². The van der Waals surface area contributed by atoms with Crippen LogP contribution in [0.2, 0.25) is 0 Å². The predicted octanol–water partition coefficient (Wildman–Crippen LogP) is -0.916. The topological polar surface area (TPSA) is 82.8 Å². The van der Waals surface area contributed by atoms with E-state index in [1.54, 1.807) is 4.68 Å². The van der Waals surface area contributed by atoms with E-state index in [4.69, 9.17) is 11.5 Å². The summed E-state index contributed by atoms with van der Waals surface area (Å²) in [5, 5.41) is 7.65. The van der Waals surface area contributed by atoms with E-state index >= 15 is 0 Å². The second-order valence-corrected chi connectivity index (χ2v) is 2.61. The molecule has 5 nitrogen and oxygen atoms in total. The Morgan fingerprint density at radius 3 is 2.91 bits per heavy atom. The zero-order valence-electron chi connectivity index (χ0n) is 6.57. The zero-order valence-corrected chi connectivity index (χ0v) is 6.57. The lowest BCUT2D eigenvalue weighted by atomic mass is 10.4. The van der Waals surface area contributed by atoms with E-state index in [-0.39, 0.29) is 6.04 Å². The third-order valence-corrected chi connectivity index (χ3v) is 1.27. The molecule has 0 saturated carbocycles. The van der Waals surface area contributed by atoms with Gasteiger partial charge >= 0.3 is 0 Å². The maximum Gasteiger partial charge on any atom is 0.0962 e. The van der Waals surface area contributed by atoms with Crippen LogP contribution < -0.4 is 11.5 Å². The molecule has 0 fully saturated rings. The maximum atomic E-state index is 5.56. The van der Waals surface area contributed by atoms with Crippen molar-refractivity contribution in [2.45, 2.75) is 26.1 Å². The Kier molecular flexibility index (Phi) is 2.56. The predicted molar refractivity (Wildman–Crippen MR) is 41.6 cm³/mol. The van der Waals surface area contributed by atoms with Crippen LogP contribution in [0.1, 0.15) is 12.6 Å². The van der Waals surface area contributed by atoms with Gasteiger partial charge in [0.05, 0.1) is 12.2 Å². The van der Waals surface area contributed by atoms with E-state index in [2.05, 4.69) is 10.3 Å².